The first-order valence-corrected chi connectivity index (χ1v) is 23.3. The molecule has 312 valence electrons. The zero-order valence-corrected chi connectivity index (χ0v) is 36.6. The van der Waals surface area contributed by atoms with Gasteiger partial charge in [-0.15, -0.1) is 0 Å². The van der Waals surface area contributed by atoms with Crippen LogP contribution >= 0.6 is 0 Å². The van der Waals surface area contributed by atoms with Crippen molar-refractivity contribution in [2.24, 2.45) is 0 Å². The highest BCUT2D eigenvalue weighted by molar-refractivity contribution is 6.99. The smallest absolute Gasteiger partial charge is 0.307 e. The minimum absolute atomic E-state index is 0.142. The molecule has 5 aromatic carbocycles. The summed E-state index contributed by atoms with van der Waals surface area (Å²) < 4.78 is 34.9. The first-order valence-electron chi connectivity index (χ1n) is 21.4. The van der Waals surface area contributed by atoms with Gasteiger partial charge in [0.1, 0.15) is 18.3 Å². The molecule has 1 aliphatic heterocycles. The molecule has 0 amide bonds. The topological polar surface area (TPSA) is 66.5 Å². The third-order valence-electron chi connectivity index (χ3n) is 11.5. The summed E-state index contributed by atoms with van der Waals surface area (Å²) in [5.41, 5.74) is 3.16. The maximum atomic E-state index is 13.8. The first-order chi connectivity index (χ1) is 28.7. The van der Waals surface area contributed by atoms with Crippen molar-refractivity contribution in [3.8, 4) is 0 Å². The number of likely N-dealkylation sites (tertiary alicyclic amines) is 1. The number of unbranched alkanes of at least 4 members (excludes halogenated alkanes) is 1. The number of carbonyl (C=O) groups excluding carboxylic acids is 1. The molecular weight excluding hydrogens is 751 g/mol. The Morgan fingerprint density at radius 2 is 0.983 bits per heavy atom. The van der Waals surface area contributed by atoms with E-state index < -0.39 is 26.6 Å². The van der Waals surface area contributed by atoms with Gasteiger partial charge in [0.05, 0.1) is 45.5 Å². The fourth-order valence-corrected chi connectivity index (χ4v) is 13.2. The molecule has 7 nitrogen and oxygen atoms in total. The van der Waals surface area contributed by atoms with Gasteiger partial charge in [0.2, 0.25) is 0 Å². The zero-order chi connectivity index (χ0) is 41.5. The summed E-state index contributed by atoms with van der Waals surface area (Å²) in [6.07, 6.45) is 0.445. The van der Waals surface area contributed by atoms with E-state index in [-0.39, 0.29) is 29.5 Å². The van der Waals surface area contributed by atoms with Gasteiger partial charge in [-0.05, 0) is 52.0 Å². The number of nitrogens with zero attached hydrogens (tertiary/aromatic N) is 1. The Labute approximate surface area is 353 Å². The fraction of sp³-hybridized carbons (Fsp3) is 0.392. The predicted octanol–water partition coefficient (Wildman–Crippen LogP) is 9.13. The Morgan fingerprint density at radius 1 is 0.576 bits per heavy atom. The molecule has 59 heavy (non-hydrogen) atoms. The Hall–Kier alpha value is -4.41. The highest BCUT2D eigenvalue weighted by Gasteiger charge is 2.55. The molecule has 0 bridgehead atoms. The van der Waals surface area contributed by atoms with E-state index in [0.29, 0.717) is 33.0 Å². The third kappa shape index (κ3) is 11.3. The molecule has 0 N–H and O–H groups in total. The second-order valence-electron chi connectivity index (χ2n) is 16.5. The lowest BCUT2D eigenvalue weighted by Crippen LogP contribution is -2.72. The van der Waals surface area contributed by atoms with Crippen molar-refractivity contribution >= 4 is 24.7 Å². The maximum absolute atomic E-state index is 13.8. The van der Waals surface area contributed by atoms with Crippen molar-refractivity contribution < 1.29 is 28.2 Å². The summed E-state index contributed by atoms with van der Waals surface area (Å²) in [4.78, 5) is 16.2. The van der Waals surface area contributed by atoms with Crippen LogP contribution in [0.1, 0.15) is 70.6 Å². The Balaban J connectivity index is 1.51. The number of carbonyl (C=O) groups is 1. The molecule has 1 aliphatic rings. The molecule has 5 atom stereocenters. The van der Waals surface area contributed by atoms with E-state index in [1.807, 2.05) is 61.5 Å². The standard InChI is InChI=1S/C51H63NO6Si/c1-6-8-34-52-45(35-47(53)54-7-2)48(55-36-40-24-14-9-15-25-40)50(57-38-42-28-18-11-19-29-42)49(56-37-41-26-16-10-17-27-41)46(52)39-58-59(51(3,4)5,43-30-20-12-21-31-43)44-32-22-13-23-33-44/h9-33,45-46,48-50H,6-8,34-39H2,1-5H3/t45-,46-,48-,49+,50+/m0/s1. The van der Waals surface area contributed by atoms with Crippen LogP contribution in [0.3, 0.4) is 0 Å². The molecule has 8 heteroatoms. The van der Waals surface area contributed by atoms with Crippen molar-refractivity contribution in [1.29, 1.82) is 0 Å². The van der Waals surface area contributed by atoms with Gasteiger partial charge in [-0.2, -0.15) is 0 Å². The molecule has 0 spiro atoms. The number of rotatable bonds is 20. The molecule has 5 aromatic rings. The SMILES string of the molecule is CCCCN1[C@@H](CC(=O)OCC)[C@H](OCc2ccccc2)[C@@H](OCc2ccccc2)[C@H](OCc2ccccc2)[C@@H]1CO[Si](c1ccccc1)(c1ccccc1)C(C)(C)C. The number of benzene rings is 5. The molecule has 0 radical (unpaired) electrons. The van der Waals surface area contributed by atoms with Crippen molar-refractivity contribution in [2.45, 2.75) is 109 Å². The Bertz CT molecular complexity index is 1900. The molecule has 1 fully saturated rings. The normalized spacial score (nSPS) is 20.0. The number of hydrogen-bond donors (Lipinski definition) is 0. The van der Waals surface area contributed by atoms with Crippen LogP contribution in [0, 0.1) is 0 Å². The van der Waals surface area contributed by atoms with Crippen LogP contribution in [0.5, 0.6) is 0 Å². The van der Waals surface area contributed by atoms with Gasteiger partial charge in [0, 0.05) is 6.04 Å². The van der Waals surface area contributed by atoms with Crippen LogP contribution in [-0.4, -0.2) is 69.3 Å². The van der Waals surface area contributed by atoms with Gasteiger partial charge in [-0.25, -0.2) is 0 Å². The van der Waals surface area contributed by atoms with E-state index in [1.165, 1.54) is 10.4 Å². The second kappa shape index (κ2) is 21.7. The molecule has 0 saturated carbocycles. The van der Waals surface area contributed by atoms with Crippen LogP contribution < -0.4 is 10.4 Å². The van der Waals surface area contributed by atoms with E-state index >= 15 is 0 Å². The van der Waals surface area contributed by atoms with Crippen molar-refractivity contribution in [3.05, 3.63) is 168 Å². The molecular formula is C51H63NO6Si. The third-order valence-corrected chi connectivity index (χ3v) is 16.5. The maximum Gasteiger partial charge on any atom is 0.307 e. The minimum Gasteiger partial charge on any atom is -0.466 e. The van der Waals surface area contributed by atoms with Gasteiger partial charge < -0.3 is 23.4 Å². The van der Waals surface area contributed by atoms with Crippen molar-refractivity contribution in [1.82, 2.24) is 4.90 Å². The number of piperidine rings is 1. The monoisotopic (exact) mass is 813 g/mol. The predicted molar refractivity (Wildman–Crippen MR) is 239 cm³/mol. The first kappa shape index (κ1) is 44.1. The lowest BCUT2D eigenvalue weighted by atomic mass is 9.85. The zero-order valence-electron chi connectivity index (χ0n) is 35.6. The fourth-order valence-electron chi connectivity index (χ4n) is 8.61. The highest BCUT2D eigenvalue weighted by atomic mass is 28.4. The summed E-state index contributed by atoms with van der Waals surface area (Å²) >= 11 is 0. The summed E-state index contributed by atoms with van der Waals surface area (Å²) in [7, 11) is -2.99. The summed E-state index contributed by atoms with van der Waals surface area (Å²) in [5, 5.41) is 2.18. The van der Waals surface area contributed by atoms with Crippen LogP contribution in [0.25, 0.3) is 0 Å². The minimum atomic E-state index is -2.99. The summed E-state index contributed by atoms with van der Waals surface area (Å²) in [5.74, 6) is -0.260. The number of esters is 1. The van der Waals surface area contributed by atoms with Gasteiger partial charge in [0.15, 0.2) is 0 Å². The summed E-state index contributed by atoms with van der Waals surface area (Å²) in [6, 6.07) is 51.6. The number of hydrogen-bond acceptors (Lipinski definition) is 7. The second-order valence-corrected chi connectivity index (χ2v) is 20.8. The van der Waals surface area contributed by atoms with E-state index in [0.717, 1.165) is 36.1 Å². The largest absolute Gasteiger partial charge is 0.466 e. The van der Waals surface area contributed by atoms with Gasteiger partial charge in [-0.3, -0.25) is 9.69 Å². The van der Waals surface area contributed by atoms with E-state index in [4.69, 9.17) is 23.4 Å². The number of ether oxygens (including phenoxy) is 4. The lowest BCUT2D eigenvalue weighted by molar-refractivity contribution is -0.228. The van der Waals surface area contributed by atoms with Crippen LogP contribution in [0.15, 0.2) is 152 Å². The van der Waals surface area contributed by atoms with Crippen LogP contribution in [-0.2, 0) is 48.0 Å². The average molecular weight is 814 g/mol. The van der Waals surface area contributed by atoms with E-state index in [1.54, 1.807) is 0 Å². The van der Waals surface area contributed by atoms with Crippen LogP contribution in [0.2, 0.25) is 5.04 Å². The highest BCUT2D eigenvalue weighted by Crippen LogP contribution is 2.39. The Morgan fingerprint density at radius 3 is 1.39 bits per heavy atom. The van der Waals surface area contributed by atoms with Crippen LogP contribution in [0.4, 0.5) is 0 Å². The molecule has 0 aromatic heterocycles. The molecule has 1 heterocycles. The van der Waals surface area contributed by atoms with Crippen molar-refractivity contribution in [2.75, 3.05) is 19.8 Å². The van der Waals surface area contributed by atoms with Gasteiger partial charge in [0.25, 0.3) is 8.32 Å². The molecule has 1 saturated heterocycles. The van der Waals surface area contributed by atoms with E-state index in [9.17, 15) is 4.79 Å². The molecule has 0 unspecified atom stereocenters. The van der Waals surface area contributed by atoms with Gasteiger partial charge in [-0.1, -0.05) is 186 Å². The van der Waals surface area contributed by atoms with Crippen molar-refractivity contribution in [3.63, 3.8) is 0 Å². The Kier molecular flexibility index (Phi) is 16.3. The van der Waals surface area contributed by atoms with Gasteiger partial charge >= 0.3 is 5.97 Å². The van der Waals surface area contributed by atoms with E-state index in [2.05, 4.69) is 130 Å². The molecule has 6 rings (SSSR count). The molecule has 0 aliphatic carbocycles. The average Bonchev–Trinajstić information content (AvgIpc) is 3.26. The lowest BCUT2D eigenvalue weighted by Gasteiger charge is -2.54. The summed E-state index contributed by atoms with van der Waals surface area (Å²) in [6.45, 7) is 13.4. The quantitative estimate of drug-likeness (QED) is 0.0574.